The zero-order valence-electron chi connectivity index (χ0n) is 14.0. The van der Waals surface area contributed by atoms with Gasteiger partial charge in [-0.2, -0.15) is 13.2 Å². The molecule has 0 aliphatic heterocycles. The Hall–Kier alpha value is -3.35. The minimum Gasteiger partial charge on any atom is -0.477 e. The summed E-state index contributed by atoms with van der Waals surface area (Å²) in [5.74, 6) is -2.74. The summed E-state index contributed by atoms with van der Waals surface area (Å²) in [5.41, 5.74) is -2.33. The van der Waals surface area contributed by atoms with Gasteiger partial charge in [-0.25, -0.2) is 4.79 Å². The molecule has 0 aliphatic carbocycles. The van der Waals surface area contributed by atoms with E-state index in [-0.39, 0.29) is 5.75 Å². The largest absolute Gasteiger partial charge is 0.477 e. The van der Waals surface area contributed by atoms with Gasteiger partial charge in [-0.1, -0.05) is 16.8 Å². The number of aryl methyl sites for hydroxylation is 1. The van der Waals surface area contributed by atoms with Gasteiger partial charge in [-0.05, 0) is 13.0 Å². The van der Waals surface area contributed by atoms with Crippen LogP contribution in [-0.2, 0) is 18.0 Å². The van der Waals surface area contributed by atoms with Crippen LogP contribution >= 0.6 is 11.6 Å². The predicted octanol–water partition coefficient (Wildman–Crippen LogP) is 3.63. The monoisotopic (exact) mass is 422 g/mol. The average Bonchev–Trinajstić information content (AvgIpc) is 2.85. The summed E-state index contributed by atoms with van der Waals surface area (Å²) in [6.07, 6.45) is -4.78. The van der Waals surface area contributed by atoms with Crippen LogP contribution in [-0.4, -0.2) is 31.5 Å². The van der Waals surface area contributed by atoms with Gasteiger partial charge in [-0.15, -0.1) is 5.10 Å². The SMILES string of the molecule is CC(=NOc1cc(Oc2nn(C)c(C(F)(F)F)c2Cl)ccc1[N+](=O)[O-])C(=O)O. The molecule has 1 aromatic heterocycles. The van der Waals surface area contributed by atoms with Crippen LogP contribution in [0.2, 0.25) is 5.02 Å². The minimum absolute atomic E-state index is 0.211. The maximum Gasteiger partial charge on any atom is 0.434 e. The molecular formula is C14H10ClF3N4O6. The molecule has 0 fully saturated rings. The number of rotatable bonds is 6. The molecule has 0 atom stereocenters. The summed E-state index contributed by atoms with van der Waals surface area (Å²) in [7, 11) is 1.01. The van der Waals surface area contributed by atoms with Gasteiger partial charge in [0.1, 0.15) is 10.8 Å². The topological polar surface area (TPSA) is 129 Å². The summed E-state index contributed by atoms with van der Waals surface area (Å²) in [6, 6.07) is 2.92. The predicted molar refractivity (Wildman–Crippen MR) is 87.8 cm³/mol. The van der Waals surface area contributed by atoms with Gasteiger partial charge in [0.05, 0.1) is 4.92 Å². The van der Waals surface area contributed by atoms with Crippen LogP contribution in [0.3, 0.4) is 0 Å². The first-order chi connectivity index (χ1) is 12.9. The number of alkyl halides is 3. The molecule has 2 aromatic rings. The number of oxime groups is 1. The molecule has 14 heteroatoms. The van der Waals surface area contributed by atoms with E-state index in [1.54, 1.807) is 0 Å². The molecule has 0 aliphatic rings. The van der Waals surface area contributed by atoms with Crippen LogP contribution in [0.15, 0.2) is 23.4 Å². The van der Waals surface area contributed by atoms with E-state index in [4.69, 9.17) is 26.3 Å². The summed E-state index contributed by atoms with van der Waals surface area (Å²) >= 11 is 5.67. The summed E-state index contributed by atoms with van der Waals surface area (Å²) < 4.78 is 44.5. The Morgan fingerprint density at radius 2 is 2.07 bits per heavy atom. The normalized spacial score (nSPS) is 12.0. The highest BCUT2D eigenvalue weighted by atomic mass is 35.5. The van der Waals surface area contributed by atoms with Crippen LogP contribution in [0.5, 0.6) is 17.4 Å². The standard InChI is InChI=1S/C14H10ClF3N4O6/c1-6(13(23)24)20-28-9-5-7(3-4-8(9)22(25)26)27-12-10(15)11(14(16,17)18)21(2)19-12/h3-5H,1-2H3,(H,23,24). The highest BCUT2D eigenvalue weighted by Gasteiger charge is 2.39. The molecule has 0 bridgehead atoms. The van der Waals surface area contributed by atoms with Crippen molar-refractivity contribution in [1.29, 1.82) is 0 Å². The van der Waals surface area contributed by atoms with Crippen molar-refractivity contribution in [2.45, 2.75) is 13.1 Å². The second kappa shape index (κ2) is 7.72. The molecule has 0 saturated heterocycles. The third-order valence-electron chi connectivity index (χ3n) is 3.16. The molecule has 150 valence electrons. The zero-order chi connectivity index (χ0) is 21.2. The first-order valence-corrected chi connectivity index (χ1v) is 7.50. The number of hydrogen-bond acceptors (Lipinski definition) is 7. The Bertz CT molecular complexity index is 973. The number of ether oxygens (including phenoxy) is 1. The van der Waals surface area contributed by atoms with Crippen molar-refractivity contribution in [3.05, 3.63) is 39.0 Å². The number of carbonyl (C=O) groups is 1. The molecule has 0 radical (unpaired) electrons. The van der Waals surface area contributed by atoms with E-state index in [2.05, 4.69) is 10.3 Å². The number of aliphatic carboxylic acids is 1. The van der Waals surface area contributed by atoms with Gasteiger partial charge in [0.25, 0.3) is 5.88 Å². The smallest absolute Gasteiger partial charge is 0.434 e. The zero-order valence-corrected chi connectivity index (χ0v) is 14.8. The molecule has 1 heterocycles. The lowest BCUT2D eigenvalue weighted by Gasteiger charge is -2.07. The van der Waals surface area contributed by atoms with Crippen molar-refractivity contribution >= 4 is 29.0 Å². The lowest BCUT2D eigenvalue weighted by molar-refractivity contribution is -0.385. The molecule has 1 aromatic carbocycles. The van der Waals surface area contributed by atoms with Gasteiger partial charge in [0, 0.05) is 19.2 Å². The highest BCUT2D eigenvalue weighted by molar-refractivity contribution is 6.34. The Morgan fingerprint density at radius 3 is 2.57 bits per heavy atom. The molecule has 28 heavy (non-hydrogen) atoms. The van der Waals surface area contributed by atoms with Crippen molar-refractivity contribution < 1.29 is 37.6 Å². The molecule has 0 amide bonds. The van der Waals surface area contributed by atoms with E-state index in [9.17, 15) is 28.1 Å². The quantitative estimate of drug-likeness (QED) is 0.427. The van der Waals surface area contributed by atoms with Crippen molar-refractivity contribution in [3.63, 3.8) is 0 Å². The number of halogens is 4. The Morgan fingerprint density at radius 1 is 1.43 bits per heavy atom. The molecule has 1 N–H and O–H groups in total. The molecule has 0 spiro atoms. The summed E-state index contributed by atoms with van der Waals surface area (Å²) in [6.45, 7) is 1.08. The summed E-state index contributed by atoms with van der Waals surface area (Å²) in [5, 5.41) is 25.7. The fraction of sp³-hybridized carbons (Fsp3) is 0.214. The summed E-state index contributed by atoms with van der Waals surface area (Å²) in [4.78, 5) is 25.7. The second-order valence-electron chi connectivity index (χ2n) is 5.15. The lowest BCUT2D eigenvalue weighted by Crippen LogP contribution is -2.12. The number of nitro benzene ring substituents is 1. The van der Waals surface area contributed by atoms with Crippen LogP contribution in [0.25, 0.3) is 0 Å². The van der Waals surface area contributed by atoms with E-state index in [1.807, 2.05) is 0 Å². The van der Waals surface area contributed by atoms with Crippen molar-refractivity contribution in [2.24, 2.45) is 12.2 Å². The first-order valence-electron chi connectivity index (χ1n) is 7.12. The van der Waals surface area contributed by atoms with Crippen LogP contribution in [0.1, 0.15) is 12.6 Å². The van der Waals surface area contributed by atoms with Crippen molar-refractivity contribution in [1.82, 2.24) is 9.78 Å². The number of carboxylic acid groups (broad SMARTS) is 1. The fourth-order valence-electron chi connectivity index (χ4n) is 1.90. The number of aromatic nitrogens is 2. The third kappa shape index (κ3) is 4.49. The number of carboxylic acids is 1. The molecule has 0 unspecified atom stereocenters. The van der Waals surface area contributed by atoms with Gasteiger partial charge >= 0.3 is 17.8 Å². The lowest BCUT2D eigenvalue weighted by atomic mass is 10.3. The van der Waals surface area contributed by atoms with Crippen molar-refractivity contribution in [2.75, 3.05) is 0 Å². The molecule has 2 rings (SSSR count). The molecule has 10 nitrogen and oxygen atoms in total. The number of nitro groups is 1. The Balaban J connectivity index is 2.40. The van der Waals surface area contributed by atoms with Crippen LogP contribution in [0.4, 0.5) is 18.9 Å². The second-order valence-corrected chi connectivity index (χ2v) is 5.53. The van der Waals surface area contributed by atoms with E-state index in [0.29, 0.717) is 4.68 Å². The van der Waals surface area contributed by atoms with Gasteiger partial charge in [0.15, 0.2) is 11.4 Å². The van der Waals surface area contributed by atoms with E-state index in [1.165, 1.54) is 0 Å². The fourth-order valence-corrected chi connectivity index (χ4v) is 2.20. The van der Waals surface area contributed by atoms with Gasteiger partial charge in [-0.3, -0.25) is 14.8 Å². The first kappa shape index (κ1) is 21.0. The van der Waals surface area contributed by atoms with Crippen molar-refractivity contribution in [3.8, 4) is 17.4 Å². The molecular weight excluding hydrogens is 413 g/mol. The van der Waals surface area contributed by atoms with Gasteiger partial charge in [0.2, 0.25) is 5.75 Å². The minimum atomic E-state index is -4.78. The number of hydrogen-bond donors (Lipinski definition) is 1. The Kier molecular flexibility index (Phi) is 5.78. The number of benzene rings is 1. The molecule has 0 saturated carbocycles. The van der Waals surface area contributed by atoms with E-state index < -0.39 is 50.8 Å². The third-order valence-corrected chi connectivity index (χ3v) is 3.50. The maximum atomic E-state index is 13.0. The maximum absolute atomic E-state index is 13.0. The average molecular weight is 423 g/mol. The van der Waals surface area contributed by atoms with Gasteiger partial charge < -0.3 is 14.7 Å². The highest BCUT2D eigenvalue weighted by Crippen LogP contribution is 2.41. The van der Waals surface area contributed by atoms with Crippen LogP contribution < -0.4 is 9.57 Å². The van der Waals surface area contributed by atoms with E-state index in [0.717, 1.165) is 32.2 Å². The van der Waals surface area contributed by atoms with E-state index >= 15 is 0 Å². The Labute approximate surface area is 158 Å². The number of nitrogens with zero attached hydrogens (tertiary/aromatic N) is 4. The van der Waals surface area contributed by atoms with Crippen LogP contribution in [0, 0.1) is 10.1 Å².